The van der Waals surface area contributed by atoms with E-state index in [0.29, 0.717) is 13.2 Å². The van der Waals surface area contributed by atoms with E-state index in [1.165, 1.54) is 0 Å². The van der Waals surface area contributed by atoms with E-state index >= 15 is 0 Å². The Kier molecular flexibility index (Phi) is 4.24. The lowest BCUT2D eigenvalue weighted by atomic mass is 10.1. The Labute approximate surface area is 74.7 Å². The Balaban J connectivity index is 3.72. The van der Waals surface area contributed by atoms with E-state index in [9.17, 15) is 4.79 Å². The molecule has 0 saturated carbocycles. The van der Waals surface area contributed by atoms with Crippen LogP contribution in [-0.4, -0.2) is 30.2 Å². The molecule has 0 aromatic heterocycles. The predicted octanol–water partition coefficient (Wildman–Crippen LogP) is 1.63. The summed E-state index contributed by atoms with van der Waals surface area (Å²) in [6.45, 7) is 8.39. The lowest BCUT2D eigenvalue weighted by Crippen LogP contribution is -2.40. The fraction of sp³-hybridized carbons (Fsp3) is 0.889. The number of carbonyl (C=O) groups excluding carboxylic acids is 1. The highest BCUT2D eigenvalue weighted by atomic mass is 16.5. The molecule has 0 rings (SSSR count). The standard InChI is InChI=1S/C9H19NO2/c1-6-8(11)12-7-10(5)9(2,3)4/h6-7H2,1-5H3. The molecule has 0 saturated heterocycles. The van der Waals surface area contributed by atoms with Gasteiger partial charge in [-0.2, -0.15) is 0 Å². The van der Waals surface area contributed by atoms with Crippen LogP contribution in [0.1, 0.15) is 34.1 Å². The Morgan fingerprint density at radius 3 is 2.25 bits per heavy atom. The Morgan fingerprint density at radius 2 is 1.92 bits per heavy atom. The molecule has 0 atom stereocenters. The molecule has 0 fully saturated rings. The summed E-state index contributed by atoms with van der Waals surface area (Å²) in [7, 11) is 1.93. The molecule has 0 unspecified atom stereocenters. The van der Waals surface area contributed by atoms with Crippen molar-refractivity contribution >= 4 is 5.97 Å². The van der Waals surface area contributed by atoms with Gasteiger partial charge < -0.3 is 4.74 Å². The smallest absolute Gasteiger partial charge is 0.306 e. The van der Waals surface area contributed by atoms with Crippen LogP contribution >= 0.6 is 0 Å². The molecule has 0 heterocycles. The van der Waals surface area contributed by atoms with Crippen LogP contribution < -0.4 is 0 Å². The van der Waals surface area contributed by atoms with Crippen LogP contribution in [0.25, 0.3) is 0 Å². The lowest BCUT2D eigenvalue weighted by Gasteiger charge is -2.30. The van der Waals surface area contributed by atoms with Gasteiger partial charge >= 0.3 is 5.97 Å². The molecule has 0 radical (unpaired) electrons. The highest BCUT2D eigenvalue weighted by molar-refractivity contribution is 5.68. The third-order valence-electron chi connectivity index (χ3n) is 1.85. The van der Waals surface area contributed by atoms with Gasteiger partial charge in [0.1, 0.15) is 6.73 Å². The van der Waals surface area contributed by atoms with Gasteiger partial charge in [-0.25, -0.2) is 0 Å². The summed E-state index contributed by atoms with van der Waals surface area (Å²) in [6, 6.07) is 0. The van der Waals surface area contributed by atoms with Crippen LogP contribution in [-0.2, 0) is 9.53 Å². The molecule has 0 spiro atoms. The van der Waals surface area contributed by atoms with E-state index in [-0.39, 0.29) is 11.5 Å². The Hall–Kier alpha value is -0.570. The first-order chi connectivity index (χ1) is 5.38. The van der Waals surface area contributed by atoms with Crippen molar-refractivity contribution in [3.05, 3.63) is 0 Å². The third kappa shape index (κ3) is 4.34. The SMILES string of the molecule is CCC(=O)OCN(C)C(C)(C)C. The number of rotatable bonds is 3. The highest BCUT2D eigenvalue weighted by Crippen LogP contribution is 2.09. The summed E-state index contributed by atoms with van der Waals surface area (Å²) in [6.07, 6.45) is 0.442. The van der Waals surface area contributed by atoms with Crippen LogP contribution in [0.4, 0.5) is 0 Å². The van der Waals surface area contributed by atoms with E-state index in [2.05, 4.69) is 20.8 Å². The summed E-state index contributed by atoms with van der Waals surface area (Å²) in [4.78, 5) is 12.8. The van der Waals surface area contributed by atoms with E-state index in [0.717, 1.165) is 0 Å². The molecule has 0 amide bonds. The van der Waals surface area contributed by atoms with Crippen LogP contribution in [0.2, 0.25) is 0 Å². The van der Waals surface area contributed by atoms with Crippen molar-refractivity contribution in [1.82, 2.24) is 4.90 Å². The monoisotopic (exact) mass is 173 g/mol. The Morgan fingerprint density at radius 1 is 1.42 bits per heavy atom. The summed E-state index contributed by atoms with van der Waals surface area (Å²) in [5.41, 5.74) is 0.0496. The zero-order chi connectivity index (χ0) is 9.78. The van der Waals surface area contributed by atoms with Gasteiger partial charge in [0.2, 0.25) is 0 Å². The van der Waals surface area contributed by atoms with Crippen LogP contribution in [0.5, 0.6) is 0 Å². The zero-order valence-corrected chi connectivity index (χ0v) is 8.68. The van der Waals surface area contributed by atoms with Gasteiger partial charge in [-0.15, -0.1) is 0 Å². The quantitative estimate of drug-likeness (QED) is 0.480. The molecule has 72 valence electrons. The van der Waals surface area contributed by atoms with Crippen LogP contribution in [0.3, 0.4) is 0 Å². The van der Waals surface area contributed by atoms with Crippen molar-refractivity contribution in [1.29, 1.82) is 0 Å². The lowest BCUT2D eigenvalue weighted by molar-refractivity contribution is -0.149. The minimum absolute atomic E-state index is 0.0496. The fourth-order valence-corrected chi connectivity index (χ4v) is 0.465. The molecule has 3 nitrogen and oxygen atoms in total. The van der Waals surface area contributed by atoms with Gasteiger partial charge in [0.25, 0.3) is 0 Å². The van der Waals surface area contributed by atoms with Crippen molar-refractivity contribution in [2.75, 3.05) is 13.8 Å². The summed E-state index contributed by atoms with van der Waals surface area (Å²) in [5.74, 6) is -0.147. The summed E-state index contributed by atoms with van der Waals surface area (Å²) < 4.78 is 4.97. The molecule has 0 aliphatic heterocycles. The fourth-order valence-electron chi connectivity index (χ4n) is 0.465. The first-order valence-electron chi connectivity index (χ1n) is 4.24. The molecule has 0 aromatic rings. The maximum absolute atomic E-state index is 10.8. The molecular weight excluding hydrogens is 154 g/mol. The second kappa shape index (κ2) is 4.45. The number of nitrogens with zero attached hydrogens (tertiary/aromatic N) is 1. The maximum Gasteiger partial charge on any atom is 0.306 e. The molecule has 3 heteroatoms. The molecule has 12 heavy (non-hydrogen) atoms. The zero-order valence-electron chi connectivity index (χ0n) is 8.68. The average molecular weight is 173 g/mol. The average Bonchev–Trinajstić information content (AvgIpc) is 1.97. The topological polar surface area (TPSA) is 29.5 Å². The van der Waals surface area contributed by atoms with Gasteiger partial charge in [0.05, 0.1) is 0 Å². The Bertz CT molecular complexity index is 149. The minimum Gasteiger partial charge on any atom is -0.449 e. The van der Waals surface area contributed by atoms with Crippen LogP contribution in [0, 0.1) is 0 Å². The molecular formula is C9H19NO2. The second-order valence-electron chi connectivity index (χ2n) is 3.87. The van der Waals surface area contributed by atoms with Gasteiger partial charge in [-0.05, 0) is 27.8 Å². The number of hydrogen-bond donors (Lipinski definition) is 0. The van der Waals surface area contributed by atoms with Gasteiger partial charge in [0.15, 0.2) is 0 Å². The van der Waals surface area contributed by atoms with Crippen molar-refractivity contribution < 1.29 is 9.53 Å². The highest BCUT2D eigenvalue weighted by Gasteiger charge is 2.17. The van der Waals surface area contributed by atoms with Crippen molar-refractivity contribution in [3.63, 3.8) is 0 Å². The van der Waals surface area contributed by atoms with Crippen molar-refractivity contribution in [2.45, 2.75) is 39.7 Å². The molecule has 0 aromatic carbocycles. The number of carbonyl (C=O) groups is 1. The van der Waals surface area contributed by atoms with Gasteiger partial charge in [-0.3, -0.25) is 9.69 Å². The largest absolute Gasteiger partial charge is 0.449 e. The predicted molar refractivity (Wildman–Crippen MR) is 48.8 cm³/mol. The second-order valence-corrected chi connectivity index (χ2v) is 3.87. The molecule has 0 aliphatic rings. The normalized spacial score (nSPS) is 11.8. The van der Waals surface area contributed by atoms with Crippen LogP contribution in [0.15, 0.2) is 0 Å². The maximum atomic E-state index is 10.8. The van der Waals surface area contributed by atoms with E-state index in [4.69, 9.17) is 4.74 Å². The van der Waals surface area contributed by atoms with Gasteiger partial charge in [-0.1, -0.05) is 6.92 Å². The number of ether oxygens (including phenoxy) is 1. The third-order valence-corrected chi connectivity index (χ3v) is 1.85. The first kappa shape index (κ1) is 11.4. The van der Waals surface area contributed by atoms with E-state index in [1.807, 2.05) is 11.9 Å². The summed E-state index contributed by atoms with van der Waals surface area (Å²) in [5, 5.41) is 0. The van der Waals surface area contributed by atoms with Crippen molar-refractivity contribution in [3.8, 4) is 0 Å². The van der Waals surface area contributed by atoms with E-state index in [1.54, 1.807) is 6.92 Å². The number of hydrogen-bond acceptors (Lipinski definition) is 3. The van der Waals surface area contributed by atoms with Gasteiger partial charge in [0, 0.05) is 12.0 Å². The molecule has 0 N–H and O–H groups in total. The van der Waals surface area contributed by atoms with Crippen molar-refractivity contribution in [2.24, 2.45) is 0 Å². The summed E-state index contributed by atoms with van der Waals surface area (Å²) >= 11 is 0. The number of esters is 1. The minimum atomic E-state index is -0.147. The molecule has 0 bridgehead atoms. The molecule has 0 aliphatic carbocycles. The van der Waals surface area contributed by atoms with E-state index < -0.39 is 0 Å². The first-order valence-corrected chi connectivity index (χ1v) is 4.24.